The number of ether oxygens (including phenoxy) is 1. The molecule has 0 aliphatic carbocycles. The lowest BCUT2D eigenvalue weighted by atomic mass is 9.77. The summed E-state index contributed by atoms with van der Waals surface area (Å²) in [5, 5.41) is 1.87. The minimum atomic E-state index is 0.350. The van der Waals surface area contributed by atoms with Crippen molar-refractivity contribution in [1.82, 2.24) is 0 Å². The van der Waals surface area contributed by atoms with Crippen LogP contribution in [0.25, 0.3) is 0 Å². The molecule has 88 valence electrons. The fourth-order valence-corrected chi connectivity index (χ4v) is 3.21. The predicted octanol–water partition coefficient (Wildman–Crippen LogP) is 4.07. The molecule has 0 N–H and O–H groups in total. The van der Waals surface area contributed by atoms with E-state index in [-0.39, 0.29) is 0 Å². The summed E-state index contributed by atoms with van der Waals surface area (Å²) in [6, 6.07) is 8.18. The maximum absolute atomic E-state index is 6.01. The second-order valence-electron chi connectivity index (χ2n) is 4.55. The lowest BCUT2D eigenvalue weighted by Gasteiger charge is -2.35. The molecule has 1 nitrogen and oxygen atoms in total. The van der Waals surface area contributed by atoms with Crippen molar-refractivity contribution in [3.05, 3.63) is 34.9 Å². The van der Waals surface area contributed by atoms with Gasteiger partial charge in [0.25, 0.3) is 0 Å². The van der Waals surface area contributed by atoms with Crippen molar-refractivity contribution in [2.75, 3.05) is 18.5 Å². The SMILES string of the molecule is Clc1cccc(CC2(CBr)CCOCC2)c1. The average molecular weight is 304 g/mol. The van der Waals surface area contributed by atoms with Gasteiger partial charge in [-0.15, -0.1) is 0 Å². The summed E-state index contributed by atoms with van der Waals surface area (Å²) in [4.78, 5) is 0. The maximum atomic E-state index is 6.01. The zero-order valence-electron chi connectivity index (χ0n) is 9.22. The third kappa shape index (κ3) is 2.99. The van der Waals surface area contributed by atoms with E-state index in [1.165, 1.54) is 5.56 Å². The number of benzene rings is 1. The Morgan fingerprint density at radius 2 is 2.06 bits per heavy atom. The second-order valence-corrected chi connectivity index (χ2v) is 5.55. The third-order valence-electron chi connectivity index (χ3n) is 3.31. The van der Waals surface area contributed by atoms with Crippen molar-refractivity contribution in [1.29, 1.82) is 0 Å². The van der Waals surface area contributed by atoms with Gasteiger partial charge in [-0.05, 0) is 42.4 Å². The average Bonchev–Trinajstić information content (AvgIpc) is 2.30. The van der Waals surface area contributed by atoms with Crippen LogP contribution in [0.15, 0.2) is 24.3 Å². The van der Waals surface area contributed by atoms with Gasteiger partial charge in [0.05, 0.1) is 0 Å². The van der Waals surface area contributed by atoms with Gasteiger partial charge in [0.1, 0.15) is 0 Å². The lowest BCUT2D eigenvalue weighted by molar-refractivity contribution is 0.0270. The van der Waals surface area contributed by atoms with Crippen molar-refractivity contribution in [3.8, 4) is 0 Å². The van der Waals surface area contributed by atoms with Crippen molar-refractivity contribution < 1.29 is 4.74 Å². The highest BCUT2D eigenvalue weighted by Gasteiger charge is 2.31. The van der Waals surface area contributed by atoms with Gasteiger partial charge in [0.15, 0.2) is 0 Å². The van der Waals surface area contributed by atoms with Crippen LogP contribution in [0.2, 0.25) is 5.02 Å². The second kappa shape index (κ2) is 5.52. The Bertz CT molecular complexity index is 348. The van der Waals surface area contributed by atoms with E-state index in [0.29, 0.717) is 5.41 Å². The van der Waals surface area contributed by atoms with Crippen molar-refractivity contribution >= 4 is 27.5 Å². The van der Waals surface area contributed by atoms with Crippen LogP contribution >= 0.6 is 27.5 Å². The van der Waals surface area contributed by atoms with Gasteiger partial charge in [-0.2, -0.15) is 0 Å². The van der Waals surface area contributed by atoms with Gasteiger partial charge in [0, 0.05) is 23.6 Å². The fourth-order valence-electron chi connectivity index (χ4n) is 2.24. The Balaban J connectivity index is 2.11. The lowest BCUT2D eigenvalue weighted by Crippen LogP contribution is -2.33. The van der Waals surface area contributed by atoms with Crippen LogP contribution in [0, 0.1) is 5.41 Å². The molecule has 0 spiro atoms. The highest BCUT2D eigenvalue weighted by atomic mass is 79.9. The molecule has 1 aliphatic heterocycles. The summed E-state index contributed by atoms with van der Waals surface area (Å²) < 4.78 is 5.44. The van der Waals surface area contributed by atoms with Crippen LogP contribution in [0.1, 0.15) is 18.4 Å². The van der Waals surface area contributed by atoms with Crippen molar-refractivity contribution in [3.63, 3.8) is 0 Å². The molecule has 0 atom stereocenters. The van der Waals surface area contributed by atoms with Gasteiger partial charge < -0.3 is 4.74 Å². The zero-order chi connectivity index (χ0) is 11.4. The van der Waals surface area contributed by atoms with E-state index >= 15 is 0 Å². The van der Waals surface area contributed by atoms with Gasteiger partial charge in [0.2, 0.25) is 0 Å². The van der Waals surface area contributed by atoms with E-state index in [2.05, 4.69) is 28.1 Å². The zero-order valence-corrected chi connectivity index (χ0v) is 11.6. The fraction of sp³-hybridized carbons (Fsp3) is 0.538. The molecule has 0 radical (unpaired) electrons. The smallest absolute Gasteiger partial charge is 0.0471 e. The molecule has 1 aromatic carbocycles. The largest absolute Gasteiger partial charge is 0.381 e. The van der Waals surface area contributed by atoms with Crippen LogP contribution in [-0.4, -0.2) is 18.5 Å². The molecule has 0 bridgehead atoms. The number of halogens is 2. The van der Waals surface area contributed by atoms with E-state index in [1.807, 2.05) is 12.1 Å². The Kier molecular flexibility index (Phi) is 4.28. The Labute approximate surface area is 110 Å². The quantitative estimate of drug-likeness (QED) is 0.765. The molecule has 1 saturated heterocycles. The molecule has 16 heavy (non-hydrogen) atoms. The van der Waals surface area contributed by atoms with Gasteiger partial charge in [-0.1, -0.05) is 39.7 Å². The molecule has 0 unspecified atom stereocenters. The summed E-state index contributed by atoms with van der Waals surface area (Å²) in [6.07, 6.45) is 3.34. The number of hydrogen-bond acceptors (Lipinski definition) is 1. The molecule has 0 amide bonds. The van der Waals surface area contributed by atoms with Crippen LogP contribution in [0.4, 0.5) is 0 Å². The maximum Gasteiger partial charge on any atom is 0.0471 e. The Hall–Kier alpha value is -0.0500. The molecule has 1 heterocycles. The summed E-state index contributed by atoms with van der Waals surface area (Å²) >= 11 is 9.67. The molecule has 1 aliphatic rings. The van der Waals surface area contributed by atoms with Crippen molar-refractivity contribution in [2.24, 2.45) is 5.41 Å². The van der Waals surface area contributed by atoms with E-state index < -0.39 is 0 Å². The first-order valence-electron chi connectivity index (χ1n) is 5.62. The van der Waals surface area contributed by atoms with E-state index in [1.54, 1.807) is 0 Å². The standard InChI is InChI=1S/C13H16BrClO/c14-10-13(4-6-16-7-5-13)9-11-2-1-3-12(15)8-11/h1-3,8H,4-7,9-10H2. The van der Waals surface area contributed by atoms with Crippen LogP contribution in [0.3, 0.4) is 0 Å². The number of hydrogen-bond donors (Lipinski definition) is 0. The Morgan fingerprint density at radius 3 is 2.69 bits per heavy atom. The van der Waals surface area contributed by atoms with E-state index in [9.17, 15) is 0 Å². The number of alkyl halides is 1. The van der Waals surface area contributed by atoms with Crippen molar-refractivity contribution in [2.45, 2.75) is 19.3 Å². The minimum absolute atomic E-state index is 0.350. The highest BCUT2D eigenvalue weighted by molar-refractivity contribution is 9.09. The number of rotatable bonds is 3. The van der Waals surface area contributed by atoms with Gasteiger partial charge in [-0.3, -0.25) is 0 Å². The first-order valence-corrected chi connectivity index (χ1v) is 7.12. The van der Waals surface area contributed by atoms with Gasteiger partial charge in [-0.25, -0.2) is 0 Å². The molecule has 1 aromatic rings. The monoisotopic (exact) mass is 302 g/mol. The third-order valence-corrected chi connectivity index (χ3v) is 4.73. The normalized spacial score (nSPS) is 19.6. The minimum Gasteiger partial charge on any atom is -0.381 e. The molecular weight excluding hydrogens is 287 g/mol. The summed E-state index contributed by atoms with van der Waals surface area (Å²) in [7, 11) is 0. The first-order chi connectivity index (χ1) is 7.74. The molecular formula is C13H16BrClO. The van der Waals surface area contributed by atoms with E-state index in [0.717, 1.165) is 42.8 Å². The van der Waals surface area contributed by atoms with Crippen LogP contribution < -0.4 is 0 Å². The molecule has 3 heteroatoms. The highest BCUT2D eigenvalue weighted by Crippen LogP contribution is 2.36. The first kappa shape index (κ1) is 12.4. The van der Waals surface area contributed by atoms with Crippen LogP contribution in [0.5, 0.6) is 0 Å². The molecule has 1 fully saturated rings. The summed E-state index contributed by atoms with van der Waals surface area (Å²) in [5.74, 6) is 0. The summed E-state index contributed by atoms with van der Waals surface area (Å²) in [5.41, 5.74) is 1.68. The van der Waals surface area contributed by atoms with E-state index in [4.69, 9.17) is 16.3 Å². The molecule has 0 saturated carbocycles. The van der Waals surface area contributed by atoms with Crippen LogP contribution in [-0.2, 0) is 11.2 Å². The van der Waals surface area contributed by atoms with Gasteiger partial charge >= 0.3 is 0 Å². The molecule has 2 rings (SSSR count). The summed E-state index contributed by atoms with van der Waals surface area (Å²) in [6.45, 7) is 1.76. The topological polar surface area (TPSA) is 9.23 Å². The molecule has 0 aromatic heterocycles. The predicted molar refractivity (Wildman–Crippen MR) is 71.4 cm³/mol. The Morgan fingerprint density at radius 1 is 1.31 bits per heavy atom.